The third-order valence-corrected chi connectivity index (χ3v) is 2.73. The van der Waals surface area contributed by atoms with Gasteiger partial charge in [0.1, 0.15) is 17.1 Å². The zero-order valence-corrected chi connectivity index (χ0v) is 12.1. The Morgan fingerprint density at radius 3 is 2.73 bits per heavy atom. The molecule has 0 amide bonds. The number of nitrogens with zero attached hydrogens (tertiary/aromatic N) is 1. The second kappa shape index (κ2) is 7.12. The summed E-state index contributed by atoms with van der Waals surface area (Å²) in [7, 11) is 2.70. The van der Waals surface area contributed by atoms with E-state index in [2.05, 4.69) is 4.98 Å². The normalized spacial score (nSPS) is 10.9. The molecule has 0 unspecified atom stereocenters. The highest BCUT2D eigenvalue weighted by atomic mass is 16.5. The van der Waals surface area contributed by atoms with Gasteiger partial charge < -0.3 is 19.3 Å². The largest absolute Gasteiger partial charge is 0.508 e. The van der Waals surface area contributed by atoms with Crippen molar-refractivity contribution >= 4 is 11.5 Å². The van der Waals surface area contributed by atoms with Crippen LogP contribution in [0, 0.1) is 0 Å². The molecule has 1 heterocycles. The maximum atomic E-state index is 11.9. The van der Waals surface area contributed by atoms with E-state index in [1.165, 1.54) is 38.8 Å². The molecule has 1 aromatic heterocycles. The summed E-state index contributed by atoms with van der Waals surface area (Å²) >= 11 is 0. The lowest BCUT2D eigenvalue weighted by Gasteiger charge is -2.11. The Bertz CT molecular complexity index is 696. The van der Waals surface area contributed by atoms with Crippen molar-refractivity contribution in [2.45, 2.75) is 0 Å². The van der Waals surface area contributed by atoms with Crippen LogP contribution in [0.2, 0.25) is 0 Å². The fourth-order valence-corrected chi connectivity index (χ4v) is 1.79. The number of carbonyl (C=O) groups excluding carboxylic acids is 1. The van der Waals surface area contributed by atoms with Crippen LogP contribution in [0.25, 0.3) is 5.57 Å². The number of esters is 1. The zero-order chi connectivity index (χ0) is 15.9. The minimum Gasteiger partial charge on any atom is -0.508 e. The Morgan fingerprint density at radius 2 is 2.05 bits per heavy atom. The van der Waals surface area contributed by atoms with Gasteiger partial charge in [-0.15, -0.1) is 0 Å². The molecule has 2 aromatic rings. The fraction of sp³-hybridized carbons (Fsp3) is 0.125. The Hall–Kier alpha value is -3.02. The number of hydrogen-bond donors (Lipinski definition) is 1. The number of carbonyl (C=O) groups is 1. The highest BCUT2D eigenvalue weighted by Gasteiger charge is 2.19. The number of ether oxygens (including phenoxy) is 3. The molecular formula is C16H15NO5. The van der Waals surface area contributed by atoms with Crippen molar-refractivity contribution in [3.05, 3.63) is 54.4 Å². The predicted molar refractivity (Wildman–Crippen MR) is 79.4 cm³/mol. The van der Waals surface area contributed by atoms with Crippen LogP contribution in [0.3, 0.4) is 0 Å². The van der Waals surface area contributed by atoms with Crippen molar-refractivity contribution in [1.82, 2.24) is 4.98 Å². The first-order valence-corrected chi connectivity index (χ1v) is 6.39. The van der Waals surface area contributed by atoms with Crippen LogP contribution in [0.1, 0.15) is 5.56 Å². The summed E-state index contributed by atoms with van der Waals surface area (Å²) in [6.45, 7) is 0. The van der Waals surface area contributed by atoms with Gasteiger partial charge in [-0.3, -0.25) is 0 Å². The second-order valence-electron chi connectivity index (χ2n) is 4.21. The van der Waals surface area contributed by atoms with Gasteiger partial charge in [-0.25, -0.2) is 9.78 Å². The Labute approximate surface area is 127 Å². The molecule has 0 aliphatic carbocycles. The van der Waals surface area contributed by atoms with Gasteiger partial charge in [-0.05, 0) is 24.3 Å². The van der Waals surface area contributed by atoms with E-state index in [0.717, 1.165) is 0 Å². The first-order valence-electron chi connectivity index (χ1n) is 6.39. The van der Waals surface area contributed by atoms with E-state index in [9.17, 15) is 9.90 Å². The summed E-state index contributed by atoms with van der Waals surface area (Å²) in [6, 6.07) is 9.59. The molecule has 0 bridgehead atoms. The standard InChI is InChI=1S/C16H15NO5/c1-20-10-14(16(19)21-2)13-7-4-8-17-15(13)22-12-6-3-5-11(18)9-12/h3-10,18H,1-2H3/b14-10-. The van der Waals surface area contributed by atoms with Gasteiger partial charge in [0, 0.05) is 12.3 Å². The van der Waals surface area contributed by atoms with Crippen LogP contribution >= 0.6 is 0 Å². The highest BCUT2D eigenvalue weighted by Crippen LogP contribution is 2.30. The SMILES string of the molecule is CO/C=C(\C(=O)OC)c1cccnc1Oc1cccc(O)c1. The molecule has 2 rings (SSSR count). The molecule has 0 aliphatic rings. The predicted octanol–water partition coefficient (Wildman–Crippen LogP) is 2.74. The number of methoxy groups -OCH3 is 2. The average Bonchev–Trinajstić information content (AvgIpc) is 2.53. The molecule has 0 saturated heterocycles. The van der Waals surface area contributed by atoms with Crippen molar-refractivity contribution in [2.75, 3.05) is 14.2 Å². The van der Waals surface area contributed by atoms with E-state index >= 15 is 0 Å². The van der Waals surface area contributed by atoms with E-state index in [1.54, 1.807) is 24.3 Å². The summed E-state index contributed by atoms with van der Waals surface area (Å²) in [5.41, 5.74) is 0.591. The molecule has 0 aliphatic heterocycles. The number of aromatic hydroxyl groups is 1. The van der Waals surface area contributed by atoms with E-state index in [-0.39, 0.29) is 17.2 Å². The van der Waals surface area contributed by atoms with E-state index < -0.39 is 5.97 Å². The van der Waals surface area contributed by atoms with E-state index in [4.69, 9.17) is 14.2 Å². The van der Waals surface area contributed by atoms with Gasteiger partial charge in [-0.1, -0.05) is 6.07 Å². The monoisotopic (exact) mass is 301 g/mol. The first-order chi connectivity index (χ1) is 10.7. The minimum atomic E-state index is -0.574. The van der Waals surface area contributed by atoms with Gasteiger partial charge in [0.2, 0.25) is 5.88 Å². The van der Waals surface area contributed by atoms with Crippen molar-refractivity contribution < 1.29 is 24.1 Å². The van der Waals surface area contributed by atoms with Crippen molar-refractivity contribution in [3.8, 4) is 17.4 Å². The molecule has 6 heteroatoms. The van der Waals surface area contributed by atoms with Gasteiger partial charge in [0.05, 0.1) is 26.0 Å². The molecule has 22 heavy (non-hydrogen) atoms. The topological polar surface area (TPSA) is 77.9 Å². The summed E-state index contributed by atoms with van der Waals surface area (Å²) in [6.07, 6.45) is 2.79. The van der Waals surface area contributed by atoms with Crippen molar-refractivity contribution in [3.63, 3.8) is 0 Å². The van der Waals surface area contributed by atoms with Gasteiger partial charge in [0.15, 0.2) is 0 Å². The number of pyridine rings is 1. The molecule has 0 fully saturated rings. The number of phenolic OH excluding ortho intramolecular Hbond substituents is 1. The van der Waals surface area contributed by atoms with Crippen LogP contribution < -0.4 is 4.74 Å². The average molecular weight is 301 g/mol. The molecule has 6 nitrogen and oxygen atoms in total. The van der Waals surface area contributed by atoms with Crippen LogP contribution in [-0.2, 0) is 14.3 Å². The van der Waals surface area contributed by atoms with Gasteiger partial charge >= 0.3 is 5.97 Å². The van der Waals surface area contributed by atoms with Crippen LogP contribution in [0.15, 0.2) is 48.9 Å². The summed E-state index contributed by atoms with van der Waals surface area (Å²) in [4.78, 5) is 16.0. The summed E-state index contributed by atoms with van der Waals surface area (Å²) in [5, 5.41) is 9.47. The minimum absolute atomic E-state index is 0.0654. The number of phenols is 1. The molecule has 1 N–H and O–H groups in total. The van der Waals surface area contributed by atoms with Crippen LogP contribution in [0.5, 0.6) is 17.4 Å². The van der Waals surface area contributed by atoms with Crippen molar-refractivity contribution in [1.29, 1.82) is 0 Å². The third-order valence-electron chi connectivity index (χ3n) is 2.73. The lowest BCUT2D eigenvalue weighted by atomic mass is 10.1. The maximum Gasteiger partial charge on any atom is 0.341 e. The number of benzene rings is 1. The lowest BCUT2D eigenvalue weighted by molar-refractivity contribution is -0.133. The van der Waals surface area contributed by atoms with E-state index in [1.807, 2.05) is 0 Å². The summed E-state index contributed by atoms with van der Waals surface area (Å²) in [5.74, 6) is 0.0783. The van der Waals surface area contributed by atoms with Gasteiger partial charge in [-0.2, -0.15) is 0 Å². The van der Waals surface area contributed by atoms with Crippen LogP contribution in [-0.4, -0.2) is 30.3 Å². The van der Waals surface area contributed by atoms with Crippen LogP contribution in [0.4, 0.5) is 0 Å². The molecule has 0 radical (unpaired) electrons. The molecular weight excluding hydrogens is 286 g/mol. The Balaban J connectivity index is 2.41. The fourth-order valence-electron chi connectivity index (χ4n) is 1.79. The second-order valence-corrected chi connectivity index (χ2v) is 4.21. The quantitative estimate of drug-likeness (QED) is 0.520. The Morgan fingerprint density at radius 1 is 1.23 bits per heavy atom. The Kier molecular flexibility index (Phi) is 4.98. The van der Waals surface area contributed by atoms with E-state index in [0.29, 0.717) is 11.3 Å². The lowest BCUT2D eigenvalue weighted by Crippen LogP contribution is -2.06. The maximum absolute atomic E-state index is 11.9. The number of aromatic nitrogens is 1. The molecule has 0 spiro atoms. The van der Waals surface area contributed by atoms with Crippen molar-refractivity contribution in [2.24, 2.45) is 0 Å². The number of hydrogen-bond acceptors (Lipinski definition) is 6. The van der Waals surface area contributed by atoms with Gasteiger partial charge in [0.25, 0.3) is 0 Å². The highest BCUT2D eigenvalue weighted by molar-refractivity contribution is 6.16. The molecule has 114 valence electrons. The molecule has 0 atom stereocenters. The first kappa shape index (κ1) is 15.4. The molecule has 0 saturated carbocycles. The summed E-state index contributed by atoms with van der Waals surface area (Å²) < 4.78 is 15.3. The zero-order valence-electron chi connectivity index (χ0n) is 12.1. The smallest absolute Gasteiger partial charge is 0.341 e. The molecule has 1 aromatic carbocycles. The third kappa shape index (κ3) is 3.54. The number of rotatable bonds is 5.